The summed E-state index contributed by atoms with van der Waals surface area (Å²) in [6.07, 6.45) is 1.62. The molecule has 0 aliphatic carbocycles. The predicted molar refractivity (Wildman–Crippen MR) is 93.9 cm³/mol. The Bertz CT molecular complexity index is 1100. The van der Waals surface area contributed by atoms with Crippen molar-refractivity contribution in [2.75, 3.05) is 6.61 Å². The molecule has 1 atom stereocenters. The number of carbonyl (C=O) groups is 1. The fourth-order valence-electron chi connectivity index (χ4n) is 3.07. The molecular formula is C20H14FNO4. The molecule has 2 heterocycles. The topological polar surface area (TPSA) is 68.5 Å². The average Bonchev–Trinajstić information content (AvgIpc) is 2.98. The number of ether oxygens (including phenoxy) is 1. The van der Waals surface area contributed by atoms with Crippen LogP contribution in [-0.4, -0.2) is 12.5 Å². The molecule has 1 aliphatic heterocycles. The summed E-state index contributed by atoms with van der Waals surface area (Å²) in [6.45, 7) is 3.93. The van der Waals surface area contributed by atoms with Gasteiger partial charge in [-0.25, -0.2) is 4.39 Å². The first-order chi connectivity index (χ1) is 12.6. The third-order valence-electron chi connectivity index (χ3n) is 4.22. The Morgan fingerprint density at radius 2 is 2.08 bits per heavy atom. The number of nitrogens with one attached hydrogen (secondary N) is 1. The van der Waals surface area contributed by atoms with Crippen molar-refractivity contribution in [2.45, 2.75) is 6.04 Å². The van der Waals surface area contributed by atoms with Gasteiger partial charge in [0.2, 0.25) is 5.76 Å². The molecule has 6 heteroatoms. The van der Waals surface area contributed by atoms with Crippen LogP contribution in [0.25, 0.3) is 11.0 Å². The highest BCUT2D eigenvalue weighted by atomic mass is 19.1. The fourth-order valence-corrected chi connectivity index (χ4v) is 3.07. The minimum absolute atomic E-state index is 0.0449. The van der Waals surface area contributed by atoms with Gasteiger partial charge in [0.15, 0.2) is 5.43 Å². The van der Waals surface area contributed by atoms with Crippen LogP contribution in [0, 0.1) is 5.82 Å². The van der Waals surface area contributed by atoms with Gasteiger partial charge in [0, 0.05) is 0 Å². The number of hydrogen-bond donors (Lipinski definition) is 1. The number of amides is 1. The Kier molecular flexibility index (Phi) is 3.80. The summed E-state index contributed by atoms with van der Waals surface area (Å²) in [4.78, 5) is 25.2. The third-order valence-corrected chi connectivity index (χ3v) is 4.22. The van der Waals surface area contributed by atoms with E-state index in [9.17, 15) is 14.0 Å². The first-order valence-corrected chi connectivity index (χ1v) is 7.99. The van der Waals surface area contributed by atoms with Crippen molar-refractivity contribution in [3.8, 4) is 5.75 Å². The molecule has 2 aromatic carbocycles. The summed E-state index contributed by atoms with van der Waals surface area (Å²) >= 11 is 0. The van der Waals surface area contributed by atoms with Crippen LogP contribution in [0.1, 0.15) is 27.7 Å². The van der Waals surface area contributed by atoms with Gasteiger partial charge in [-0.2, -0.15) is 0 Å². The normalized spacial score (nSPS) is 15.6. The molecule has 130 valence electrons. The van der Waals surface area contributed by atoms with E-state index in [1.807, 2.05) is 0 Å². The van der Waals surface area contributed by atoms with Crippen molar-refractivity contribution in [3.05, 3.63) is 88.0 Å². The zero-order valence-corrected chi connectivity index (χ0v) is 13.6. The van der Waals surface area contributed by atoms with Crippen LogP contribution < -0.4 is 15.5 Å². The largest absolute Gasteiger partial charge is 0.490 e. The van der Waals surface area contributed by atoms with Crippen LogP contribution in [0.2, 0.25) is 0 Å². The van der Waals surface area contributed by atoms with Crippen LogP contribution in [0.3, 0.4) is 0 Å². The summed E-state index contributed by atoms with van der Waals surface area (Å²) < 4.78 is 24.6. The number of hydrogen-bond acceptors (Lipinski definition) is 4. The van der Waals surface area contributed by atoms with E-state index in [-0.39, 0.29) is 22.3 Å². The summed E-state index contributed by atoms with van der Waals surface area (Å²) in [5, 5.41) is 2.85. The van der Waals surface area contributed by atoms with E-state index in [1.165, 1.54) is 12.1 Å². The van der Waals surface area contributed by atoms with Crippen LogP contribution in [0.5, 0.6) is 5.75 Å². The first kappa shape index (κ1) is 16.1. The lowest BCUT2D eigenvalue weighted by atomic mass is 9.99. The van der Waals surface area contributed by atoms with E-state index in [0.717, 1.165) is 6.07 Å². The minimum Gasteiger partial charge on any atom is -0.490 e. The minimum atomic E-state index is -0.686. The number of carbonyl (C=O) groups excluding carboxylic acids is 1. The van der Waals surface area contributed by atoms with Gasteiger partial charge in [-0.05, 0) is 35.9 Å². The van der Waals surface area contributed by atoms with E-state index in [1.54, 1.807) is 30.3 Å². The summed E-state index contributed by atoms with van der Waals surface area (Å²) in [7, 11) is 0. The van der Waals surface area contributed by atoms with E-state index in [4.69, 9.17) is 9.15 Å². The Morgan fingerprint density at radius 1 is 1.23 bits per heavy atom. The Hall–Kier alpha value is -3.41. The van der Waals surface area contributed by atoms with Gasteiger partial charge in [-0.1, -0.05) is 24.8 Å². The zero-order valence-electron chi connectivity index (χ0n) is 13.6. The van der Waals surface area contributed by atoms with Crippen molar-refractivity contribution in [1.82, 2.24) is 5.32 Å². The second kappa shape index (κ2) is 6.15. The van der Waals surface area contributed by atoms with Crippen LogP contribution >= 0.6 is 0 Å². The van der Waals surface area contributed by atoms with Crippen LogP contribution in [0.4, 0.5) is 4.39 Å². The Balaban J connectivity index is 1.87. The van der Waals surface area contributed by atoms with Crippen LogP contribution in [-0.2, 0) is 0 Å². The van der Waals surface area contributed by atoms with Crippen molar-refractivity contribution < 1.29 is 18.3 Å². The van der Waals surface area contributed by atoms with E-state index >= 15 is 0 Å². The lowest BCUT2D eigenvalue weighted by Crippen LogP contribution is -2.22. The van der Waals surface area contributed by atoms with Gasteiger partial charge in [-0.3, -0.25) is 9.59 Å². The molecule has 0 saturated heterocycles. The van der Waals surface area contributed by atoms with Gasteiger partial charge in [0.1, 0.15) is 23.8 Å². The van der Waals surface area contributed by atoms with Crippen molar-refractivity contribution >= 4 is 16.9 Å². The van der Waals surface area contributed by atoms with Crippen LogP contribution in [0.15, 0.2) is 64.3 Å². The number of halogens is 1. The number of benzene rings is 2. The van der Waals surface area contributed by atoms with E-state index in [2.05, 4.69) is 11.9 Å². The number of fused-ring (bicyclic) bond motifs is 2. The molecule has 3 aromatic rings. The van der Waals surface area contributed by atoms with Gasteiger partial charge in [0.25, 0.3) is 5.91 Å². The first-order valence-electron chi connectivity index (χ1n) is 7.99. The molecule has 0 spiro atoms. The van der Waals surface area contributed by atoms with Crippen molar-refractivity contribution in [3.63, 3.8) is 0 Å². The second-order valence-electron chi connectivity index (χ2n) is 5.89. The average molecular weight is 351 g/mol. The SMILES string of the molecule is C=CCOc1cccc(C2NC(=O)c3oc4ccc(F)cc4c(=O)c32)c1. The monoisotopic (exact) mass is 351 g/mol. The summed E-state index contributed by atoms with van der Waals surface area (Å²) in [5.41, 5.74) is 0.589. The maximum absolute atomic E-state index is 13.5. The standard InChI is InChI=1S/C20H14FNO4/c1-2-8-25-13-5-3-4-11(9-13)17-16-18(23)14-10-12(21)6-7-15(14)26-19(16)20(24)22-17/h2-7,9-10,17H,1,8H2,(H,22,24). The van der Waals surface area contributed by atoms with Gasteiger partial charge < -0.3 is 14.5 Å². The lowest BCUT2D eigenvalue weighted by Gasteiger charge is -2.13. The molecule has 0 saturated carbocycles. The zero-order chi connectivity index (χ0) is 18.3. The molecule has 1 aromatic heterocycles. The number of rotatable bonds is 4. The highest BCUT2D eigenvalue weighted by Gasteiger charge is 2.36. The maximum atomic E-state index is 13.5. The highest BCUT2D eigenvalue weighted by Crippen LogP contribution is 2.32. The molecule has 0 bridgehead atoms. The molecule has 1 amide bonds. The van der Waals surface area contributed by atoms with E-state index < -0.39 is 23.2 Å². The van der Waals surface area contributed by atoms with E-state index in [0.29, 0.717) is 17.9 Å². The molecule has 1 aliphatic rings. The smallest absolute Gasteiger partial charge is 0.288 e. The molecule has 1 N–H and O–H groups in total. The second-order valence-corrected chi connectivity index (χ2v) is 5.89. The van der Waals surface area contributed by atoms with Gasteiger partial charge in [-0.15, -0.1) is 0 Å². The molecule has 5 nitrogen and oxygen atoms in total. The lowest BCUT2D eigenvalue weighted by molar-refractivity contribution is 0.0938. The van der Waals surface area contributed by atoms with Crippen molar-refractivity contribution in [1.29, 1.82) is 0 Å². The summed E-state index contributed by atoms with van der Waals surface area (Å²) in [5.74, 6) is -0.484. The molecular weight excluding hydrogens is 337 g/mol. The molecule has 4 rings (SSSR count). The molecule has 0 radical (unpaired) electrons. The highest BCUT2D eigenvalue weighted by molar-refractivity contribution is 5.98. The van der Waals surface area contributed by atoms with Crippen molar-refractivity contribution in [2.24, 2.45) is 0 Å². The molecule has 1 unspecified atom stereocenters. The molecule has 26 heavy (non-hydrogen) atoms. The maximum Gasteiger partial charge on any atom is 0.288 e. The fraction of sp³-hybridized carbons (Fsp3) is 0.100. The van der Waals surface area contributed by atoms with Gasteiger partial charge >= 0.3 is 0 Å². The Labute approximate surface area is 147 Å². The summed E-state index contributed by atoms with van der Waals surface area (Å²) in [6, 6.07) is 10.00. The molecule has 0 fully saturated rings. The van der Waals surface area contributed by atoms with Gasteiger partial charge in [0.05, 0.1) is 17.0 Å². The Morgan fingerprint density at radius 3 is 2.88 bits per heavy atom. The third kappa shape index (κ3) is 2.56. The quantitative estimate of drug-likeness (QED) is 0.732. The predicted octanol–water partition coefficient (Wildman–Crippen LogP) is 3.33.